The summed E-state index contributed by atoms with van der Waals surface area (Å²) in [4.78, 5) is 0. The van der Waals surface area contributed by atoms with Crippen LogP contribution in [-0.4, -0.2) is 12.6 Å². The summed E-state index contributed by atoms with van der Waals surface area (Å²) in [5.74, 6) is 0. The second-order valence-electron chi connectivity index (χ2n) is 3.68. The van der Waals surface area contributed by atoms with E-state index in [1.54, 1.807) is 0 Å². The van der Waals surface area contributed by atoms with Gasteiger partial charge in [-0.1, -0.05) is 13.0 Å². The average molecular weight is 176 g/mol. The molecule has 0 spiro atoms. The smallest absolute Gasteiger partial charge is 0.0579 e. The normalized spacial score (nSPS) is 20.0. The lowest BCUT2D eigenvalue weighted by Crippen LogP contribution is -2.32. The summed E-state index contributed by atoms with van der Waals surface area (Å²) in [5, 5.41) is 6.95. The van der Waals surface area contributed by atoms with Gasteiger partial charge in [0.25, 0.3) is 0 Å². The zero-order chi connectivity index (χ0) is 9.26. The van der Waals surface area contributed by atoms with Crippen molar-refractivity contribution in [2.45, 2.75) is 26.3 Å². The first kappa shape index (κ1) is 8.42. The van der Waals surface area contributed by atoms with E-state index in [-0.39, 0.29) is 0 Å². The van der Waals surface area contributed by atoms with Crippen LogP contribution in [0, 0.1) is 6.92 Å². The van der Waals surface area contributed by atoms with Crippen molar-refractivity contribution in [3.05, 3.63) is 23.8 Å². The fourth-order valence-corrected chi connectivity index (χ4v) is 1.68. The third kappa shape index (κ3) is 1.62. The van der Waals surface area contributed by atoms with E-state index in [9.17, 15) is 0 Å². The fourth-order valence-electron chi connectivity index (χ4n) is 1.68. The number of anilines is 2. The molecule has 0 amide bonds. The largest absolute Gasteiger partial charge is 0.381 e. The van der Waals surface area contributed by atoms with Crippen molar-refractivity contribution in [2.24, 2.45) is 0 Å². The minimum absolute atomic E-state index is 0.579. The quantitative estimate of drug-likeness (QED) is 0.687. The molecule has 0 bridgehead atoms. The number of hydrogen-bond acceptors (Lipinski definition) is 2. The van der Waals surface area contributed by atoms with Crippen LogP contribution < -0.4 is 10.6 Å². The van der Waals surface area contributed by atoms with Crippen LogP contribution in [0.15, 0.2) is 18.2 Å². The zero-order valence-electron chi connectivity index (χ0n) is 8.22. The second kappa shape index (κ2) is 3.29. The van der Waals surface area contributed by atoms with Crippen LogP contribution in [0.5, 0.6) is 0 Å². The van der Waals surface area contributed by atoms with Gasteiger partial charge in [-0.25, -0.2) is 0 Å². The van der Waals surface area contributed by atoms with E-state index < -0.39 is 0 Å². The van der Waals surface area contributed by atoms with Gasteiger partial charge in [-0.3, -0.25) is 0 Å². The van der Waals surface area contributed by atoms with E-state index in [1.807, 2.05) is 0 Å². The van der Waals surface area contributed by atoms with E-state index in [1.165, 1.54) is 23.4 Å². The Bertz CT molecular complexity index is 307. The lowest BCUT2D eigenvalue weighted by molar-refractivity contribution is 0.713. The predicted octanol–water partition coefficient (Wildman–Crippen LogP) is 2.61. The lowest BCUT2D eigenvalue weighted by atomic mass is 10.1. The molecule has 2 nitrogen and oxygen atoms in total. The minimum Gasteiger partial charge on any atom is -0.381 e. The first-order valence-electron chi connectivity index (χ1n) is 4.90. The van der Waals surface area contributed by atoms with Crippen LogP contribution in [0.4, 0.5) is 11.4 Å². The maximum atomic E-state index is 3.51. The van der Waals surface area contributed by atoms with Gasteiger partial charge in [-0.2, -0.15) is 0 Å². The van der Waals surface area contributed by atoms with E-state index in [0.29, 0.717) is 6.04 Å². The van der Waals surface area contributed by atoms with Crippen LogP contribution in [0.1, 0.15) is 18.9 Å². The molecule has 0 saturated carbocycles. The van der Waals surface area contributed by atoms with Gasteiger partial charge in [-0.15, -0.1) is 0 Å². The van der Waals surface area contributed by atoms with Crippen LogP contribution >= 0.6 is 0 Å². The third-order valence-electron chi connectivity index (χ3n) is 2.57. The number of hydrogen-bond donors (Lipinski definition) is 2. The van der Waals surface area contributed by atoms with Gasteiger partial charge in [0.2, 0.25) is 0 Å². The average Bonchev–Trinajstić information content (AvgIpc) is 2.17. The minimum atomic E-state index is 0.579. The Morgan fingerprint density at radius 2 is 2.23 bits per heavy atom. The van der Waals surface area contributed by atoms with Crippen molar-refractivity contribution in [3.8, 4) is 0 Å². The summed E-state index contributed by atoms with van der Waals surface area (Å²) in [7, 11) is 0. The standard InChI is InChI=1S/C11H16N2/c1-3-9-7-12-11-6-8(2)4-5-10(11)13-9/h4-6,9,12-13H,3,7H2,1-2H3. The fraction of sp³-hybridized carbons (Fsp3) is 0.455. The molecule has 1 aliphatic heterocycles. The molecule has 1 atom stereocenters. The Kier molecular flexibility index (Phi) is 2.13. The third-order valence-corrected chi connectivity index (χ3v) is 2.57. The highest BCUT2D eigenvalue weighted by atomic mass is 15.1. The molecule has 0 saturated heterocycles. The van der Waals surface area contributed by atoms with Crippen LogP contribution in [0.2, 0.25) is 0 Å². The summed E-state index contributed by atoms with van der Waals surface area (Å²) in [6.07, 6.45) is 1.17. The molecule has 1 aromatic rings. The molecule has 0 aromatic heterocycles. The summed E-state index contributed by atoms with van der Waals surface area (Å²) in [6, 6.07) is 7.06. The van der Waals surface area contributed by atoms with Crippen molar-refractivity contribution >= 4 is 11.4 Å². The highest BCUT2D eigenvalue weighted by molar-refractivity contribution is 5.72. The summed E-state index contributed by atoms with van der Waals surface area (Å²) in [5.41, 5.74) is 3.79. The van der Waals surface area contributed by atoms with E-state index in [0.717, 1.165) is 6.54 Å². The Morgan fingerprint density at radius 3 is 3.00 bits per heavy atom. The molecular formula is C11H16N2. The Balaban J connectivity index is 2.26. The molecule has 2 rings (SSSR count). The van der Waals surface area contributed by atoms with Crippen LogP contribution in [-0.2, 0) is 0 Å². The topological polar surface area (TPSA) is 24.1 Å². The molecular weight excluding hydrogens is 160 g/mol. The van der Waals surface area contributed by atoms with Crippen LogP contribution in [0.3, 0.4) is 0 Å². The molecule has 0 fully saturated rings. The number of fused-ring (bicyclic) bond motifs is 1. The molecule has 70 valence electrons. The Morgan fingerprint density at radius 1 is 1.38 bits per heavy atom. The molecule has 1 heterocycles. The molecule has 1 aromatic carbocycles. The van der Waals surface area contributed by atoms with Gasteiger partial charge in [0.1, 0.15) is 0 Å². The molecule has 2 N–H and O–H groups in total. The van der Waals surface area contributed by atoms with Crippen molar-refractivity contribution in [2.75, 3.05) is 17.2 Å². The van der Waals surface area contributed by atoms with Gasteiger partial charge in [-0.05, 0) is 31.0 Å². The number of benzene rings is 1. The van der Waals surface area contributed by atoms with Crippen molar-refractivity contribution in [3.63, 3.8) is 0 Å². The molecule has 1 aliphatic rings. The van der Waals surface area contributed by atoms with Crippen molar-refractivity contribution < 1.29 is 0 Å². The van der Waals surface area contributed by atoms with E-state index in [2.05, 4.69) is 42.7 Å². The van der Waals surface area contributed by atoms with Gasteiger partial charge in [0.15, 0.2) is 0 Å². The van der Waals surface area contributed by atoms with Crippen molar-refractivity contribution in [1.29, 1.82) is 0 Å². The highest BCUT2D eigenvalue weighted by Crippen LogP contribution is 2.27. The van der Waals surface area contributed by atoms with E-state index in [4.69, 9.17) is 0 Å². The predicted molar refractivity (Wildman–Crippen MR) is 57.4 cm³/mol. The number of nitrogens with one attached hydrogen (secondary N) is 2. The van der Waals surface area contributed by atoms with Crippen LogP contribution in [0.25, 0.3) is 0 Å². The SMILES string of the molecule is CCC1CNc2cc(C)ccc2N1. The van der Waals surface area contributed by atoms with Gasteiger partial charge < -0.3 is 10.6 Å². The maximum Gasteiger partial charge on any atom is 0.0579 e. The monoisotopic (exact) mass is 176 g/mol. The zero-order valence-corrected chi connectivity index (χ0v) is 8.22. The Hall–Kier alpha value is -1.18. The second-order valence-corrected chi connectivity index (χ2v) is 3.68. The van der Waals surface area contributed by atoms with Gasteiger partial charge in [0.05, 0.1) is 11.4 Å². The highest BCUT2D eigenvalue weighted by Gasteiger charge is 2.14. The molecule has 0 aliphatic carbocycles. The molecule has 13 heavy (non-hydrogen) atoms. The summed E-state index contributed by atoms with van der Waals surface area (Å²) in [6.45, 7) is 5.36. The lowest BCUT2D eigenvalue weighted by Gasteiger charge is -2.27. The first-order chi connectivity index (χ1) is 6.29. The maximum absolute atomic E-state index is 3.51. The summed E-state index contributed by atoms with van der Waals surface area (Å²) >= 11 is 0. The molecule has 2 heteroatoms. The molecule has 1 unspecified atom stereocenters. The number of rotatable bonds is 1. The van der Waals surface area contributed by atoms with Gasteiger partial charge >= 0.3 is 0 Å². The first-order valence-corrected chi connectivity index (χ1v) is 4.90. The van der Waals surface area contributed by atoms with E-state index >= 15 is 0 Å². The number of aryl methyl sites for hydroxylation is 1. The van der Waals surface area contributed by atoms with Gasteiger partial charge in [0, 0.05) is 12.6 Å². The summed E-state index contributed by atoms with van der Waals surface area (Å²) < 4.78 is 0. The van der Waals surface area contributed by atoms with Crippen molar-refractivity contribution in [1.82, 2.24) is 0 Å². The molecule has 0 radical (unpaired) electrons. The Labute approximate surface area is 79.4 Å².